The fourth-order valence-corrected chi connectivity index (χ4v) is 5.11. The van der Waals surface area contributed by atoms with E-state index in [2.05, 4.69) is 10.3 Å². The second kappa shape index (κ2) is 8.49. The van der Waals surface area contributed by atoms with Crippen LogP contribution in [0, 0.1) is 5.82 Å². The van der Waals surface area contributed by atoms with Crippen LogP contribution in [0.5, 0.6) is 0 Å². The van der Waals surface area contributed by atoms with E-state index in [4.69, 9.17) is 0 Å². The maximum atomic E-state index is 14.4. The first-order valence-electron chi connectivity index (χ1n) is 9.73. The van der Waals surface area contributed by atoms with Gasteiger partial charge in [-0.3, -0.25) is 9.79 Å². The molecule has 0 saturated heterocycles. The Bertz CT molecular complexity index is 1300. The highest BCUT2D eigenvalue weighted by molar-refractivity contribution is 7.99. The van der Waals surface area contributed by atoms with E-state index in [1.807, 2.05) is 53.9 Å². The van der Waals surface area contributed by atoms with Crippen molar-refractivity contribution in [3.8, 4) is 11.1 Å². The number of carbonyl (C=O) groups excluding carboxylic acids is 1. The Kier molecular flexibility index (Phi) is 5.40. The summed E-state index contributed by atoms with van der Waals surface area (Å²) in [5.74, 6) is -0.397. The fourth-order valence-electron chi connectivity index (χ4n) is 3.46. The highest BCUT2D eigenvalue weighted by Gasteiger charge is 2.18. The molecule has 0 spiro atoms. The number of rotatable bonds is 4. The molecule has 5 rings (SSSR count). The number of halogens is 1. The van der Waals surface area contributed by atoms with Gasteiger partial charge in [-0.1, -0.05) is 48.2 Å². The monoisotopic (exact) mass is 444 g/mol. The molecular weight excluding hydrogens is 427 g/mol. The number of hydrogen-bond donors (Lipinski definition) is 1. The Labute approximate surface area is 187 Å². The third-order valence-electron chi connectivity index (χ3n) is 5.01. The lowest BCUT2D eigenvalue weighted by Gasteiger charge is -2.11. The zero-order valence-electron chi connectivity index (χ0n) is 16.3. The average molecular weight is 445 g/mol. The molecule has 0 radical (unpaired) electrons. The molecule has 1 N–H and O–H groups in total. The predicted octanol–water partition coefficient (Wildman–Crippen LogP) is 6.70. The molecular formula is C25H17FN2OS2. The normalized spacial score (nSPS) is 12.0. The summed E-state index contributed by atoms with van der Waals surface area (Å²) in [4.78, 5) is 20.3. The van der Waals surface area contributed by atoms with Crippen LogP contribution in [0.4, 0.5) is 10.1 Å². The molecule has 1 aliphatic rings. The third kappa shape index (κ3) is 4.04. The molecule has 0 fully saturated rings. The lowest BCUT2D eigenvalue weighted by atomic mass is 10.00. The van der Waals surface area contributed by atoms with Crippen molar-refractivity contribution >= 4 is 40.9 Å². The first kappa shape index (κ1) is 19.7. The van der Waals surface area contributed by atoms with Gasteiger partial charge >= 0.3 is 0 Å². The second-order valence-corrected chi connectivity index (χ2v) is 9.12. The zero-order valence-corrected chi connectivity index (χ0v) is 18.0. The van der Waals surface area contributed by atoms with E-state index in [9.17, 15) is 9.18 Å². The average Bonchev–Trinajstić information content (AvgIpc) is 3.24. The summed E-state index contributed by atoms with van der Waals surface area (Å²) >= 11 is 3.18. The quantitative estimate of drug-likeness (QED) is 0.335. The smallest absolute Gasteiger partial charge is 0.251 e. The minimum absolute atomic E-state index is 0.134. The van der Waals surface area contributed by atoms with Crippen molar-refractivity contribution in [1.29, 1.82) is 0 Å². The third-order valence-corrected chi connectivity index (χ3v) is 7.02. The molecule has 6 heteroatoms. The summed E-state index contributed by atoms with van der Waals surface area (Å²) in [6.45, 7) is 0.503. The molecule has 1 aliphatic heterocycles. The molecule has 0 saturated carbocycles. The van der Waals surface area contributed by atoms with E-state index in [1.54, 1.807) is 47.5 Å². The SMILES string of the molecule is O=C(NCc1cccs1)c1ccc2c(c1)N=Cc1c(cccc1-c1ccccc1F)S2. The van der Waals surface area contributed by atoms with Gasteiger partial charge in [-0.05, 0) is 47.3 Å². The van der Waals surface area contributed by atoms with Crippen molar-refractivity contribution in [2.24, 2.45) is 4.99 Å². The van der Waals surface area contributed by atoms with E-state index in [1.165, 1.54) is 6.07 Å². The van der Waals surface area contributed by atoms with E-state index in [0.717, 1.165) is 31.5 Å². The number of nitrogens with zero attached hydrogens (tertiary/aromatic N) is 1. The van der Waals surface area contributed by atoms with Crippen LogP contribution >= 0.6 is 23.1 Å². The molecule has 0 bridgehead atoms. The van der Waals surface area contributed by atoms with Crippen molar-refractivity contribution in [3.63, 3.8) is 0 Å². The minimum Gasteiger partial charge on any atom is -0.347 e. The summed E-state index contributed by atoms with van der Waals surface area (Å²) in [5, 5.41) is 4.94. The van der Waals surface area contributed by atoms with Crippen molar-refractivity contribution in [1.82, 2.24) is 5.32 Å². The number of aliphatic imine (C=N–C) groups is 1. The molecule has 3 nitrogen and oxygen atoms in total. The number of hydrogen-bond acceptors (Lipinski definition) is 4. The van der Waals surface area contributed by atoms with Crippen molar-refractivity contribution < 1.29 is 9.18 Å². The van der Waals surface area contributed by atoms with Crippen LogP contribution in [-0.4, -0.2) is 12.1 Å². The number of nitrogens with one attached hydrogen (secondary N) is 1. The van der Waals surface area contributed by atoms with Crippen LogP contribution in [0.25, 0.3) is 11.1 Å². The van der Waals surface area contributed by atoms with Gasteiger partial charge in [0, 0.05) is 37.6 Å². The van der Waals surface area contributed by atoms with Crippen LogP contribution in [0.15, 0.2) is 93.0 Å². The molecule has 152 valence electrons. The largest absolute Gasteiger partial charge is 0.347 e. The second-order valence-electron chi connectivity index (χ2n) is 7.00. The van der Waals surface area contributed by atoms with Crippen LogP contribution in [-0.2, 0) is 6.54 Å². The van der Waals surface area contributed by atoms with Gasteiger partial charge in [0.05, 0.1) is 12.2 Å². The van der Waals surface area contributed by atoms with Crippen LogP contribution in [0.1, 0.15) is 20.8 Å². The van der Waals surface area contributed by atoms with Gasteiger partial charge in [-0.25, -0.2) is 4.39 Å². The molecule has 1 aromatic heterocycles. The molecule has 1 amide bonds. The van der Waals surface area contributed by atoms with E-state index < -0.39 is 0 Å². The van der Waals surface area contributed by atoms with Crippen LogP contribution in [0.2, 0.25) is 0 Å². The predicted molar refractivity (Wildman–Crippen MR) is 125 cm³/mol. The highest BCUT2D eigenvalue weighted by atomic mass is 32.2. The number of carbonyl (C=O) groups is 1. The van der Waals surface area contributed by atoms with E-state index >= 15 is 0 Å². The summed E-state index contributed by atoms with van der Waals surface area (Å²) in [6, 6.07) is 22.1. The number of thiophene rings is 1. The van der Waals surface area contributed by atoms with Crippen LogP contribution in [0.3, 0.4) is 0 Å². The molecule has 0 atom stereocenters. The molecule has 2 heterocycles. The van der Waals surface area contributed by atoms with Crippen LogP contribution < -0.4 is 5.32 Å². The van der Waals surface area contributed by atoms with E-state index in [0.29, 0.717) is 17.7 Å². The topological polar surface area (TPSA) is 41.5 Å². The molecule has 0 unspecified atom stereocenters. The summed E-state index contributed by atoms with van der Waals surface area (Å²) < 4.78 is 14.4. The summed E-state index contributed by atoms with van der Waals surface area (Å²) in [6.07, 6.45) is 1.77. The highest BCUT2D eigenvalue weighted by Crippen LogP contribution is 2.42. The number of fused-ring (bicyclic) bond motifs is 2. The molecule has 4 aromatic rings. The Morgan fingerprint density at radius 2 is 1.81 bits per heavy atom. The van der Waals surface area contributed by atoms with Gasteiger partial charge in [0.2, 0.25) is 0 Å². The van der Waals surface area contributed by atoms with Gasteiger partial charge in [-0.15, -0.1) is 11.3 Å². The van der Waals surface area contributed by atoms with Gasteiger partial charge < -0.3 is 5.32 Å². The van der Waals surface area contributed by atoms with Crippen molar-refractivity contribution in [2.45, 2.75) is 16.3 Å². The summed E-state index contributed by atoms with van der Waals surface area (Å²) in [5.41, 5.74) is 3.51. The Balaban J connectivity index is 1.46. The standard InChI is InChI=1S/C25H17FN2OS2/c26-21-8-2-1-6-19(21)18-7-3-9-23-20(18)15-27-22-13-16(10-11-24(22)31-23)25(29)28-14-17-5-4-12-30-17/h1-13,15H,14H2,(H,28,29). The van der Waals surface area contributed by atoms with Crippen molar-refractivity contribution in [3.05, 3.63) is 100.0 Å². The molecule has 31 heavy (non-hydrogen) atoms. The fraction of sp³-hybridized carbons (Fsp3) is 0.0400. The first-order chi connectivity index (χ1) is 15.2. The zero-order chi connectivity index (χ0) is 21.2. The number of amides is 1. The van der Waals surface area contributed by atoms with Gasteiger partial charge in [0.25, 0.3) is 5.91 Å². The lowest BCUT2D eigenvalue weighted by molar-refractivity contribution is 0.0951. The number of benzene rings is 3. The van der Waals surface area contributed by atoms with Gasteiger partial charge in [0.15, 0.2) is 0 Å². The maximum Gasteiger partial charge on any atom is 0.251 e. The first-order valence-corrected chi connectivity index (χ1v) is 11.4. The Morgan fingerprint density at radius 3 is 2.65 bits per heavy atom. The lowest BCUT2D eigenvalue weighted by Crippen LogP contribution is -2.22. The van der Waals surface area contributed by atoms with E-state index in [-0.39, 0.29) is 11.7 Å². The molecule has 0 aliphatic carbocycles. The van der Waals surface area contributed by atoms with Gasteiger partial charge in [0.1, 0.15) is 5.82 Å². The summed E-state index contributed by atoms with van der Waals surface area (Å²) in [7, 11) is 0. The maximum absolute atomic E-state index is 14.4. The minimum atomic E-state index is -0.263. The van der Waals surface area contributed by atoms with Crippen molar-refractivity contribution in [2.75, 3.05) is 0 Å². The molecule has 3 aromatic carbocycles. The van der Waals surface area contributed by atoms with Gasteiger partial charge in [-0.2, -0.15) is 0 Å². The Hall–Kier alpha value is -3.22. The Morgan fingerprint density at radius 1 is 0.935 bits per heavy atom.